The third kappa shape index (κ3) is 2.06. The van der Waals surface area contributed by atoms with Crippen LogP contribution in [0.25, 0.3) is 0 Å². The second-order valence-electron chi connectivity index (χ2n) is 3.88. The Hall–Kier alpha value is -1.75. The Labute approximate surface area is 100 Å². The van der Waals surface area contributed by atoms with Gasteiger partial charge in [0, 0.05) is 12.1 Å². The van der Waals surface area contributed by atoms with E-state index in [1.54, 1.807) is 19.6 Å². The molecular formula is C12H17N3O2. The number of furan rings is 1. The Balaban J connectivity index is 2.41. The molecule has 2 aromatic rings. The fourth-order valence-corrected chi connectivity index (χ4v) is 1.89. The molecule has 0 aromatic carbocycles. The van der Waals surface area contributed by atoms with E-state index in [-0.39, 0.29) is 6.04 Å². The van der Waals surface area contributed by atoms with Gasteiger partial charge < -0.3 is 14.9 Å². The number of hydrogen-bond donors (Lipinski definition) is 1. The first kappa shape index (κ1) is 11.7. The summed E-state index contributed by atoms with van der Waals surface area (Å²) in [6, 6.07) is 1.64. The number of nitrogens with two attached hydrogens (primary N) is 1. The smallest absolute Gasteiger partial charge is 0.161 e. The monoisotopic (exact) mass is 235 g/mol. The molecule has 17 heavy (non-hydrogen) atoms. The van der Waals surface area contributed by atoms with Gasteiger partial charge in [-0.1, -0.05) is 0 Å². The van der Waals surface area contributed by atoms with Crippen LogP contribution in [0.3, 0.4) is 0 Å². The first-order valence-corrected chi connectivity index (χ1v) is 5.57. The number of hydrogen-bond acceptors (Lipinski definition) is 4. The molecule has 2 rings (SSSR count). The second-order valence-corrected chi connectivity index (χ2v) is 3.88. The molecule has 5 nitrogen and oxygen atoms in total. The van der Waals surface area contributed by atoms with Crippen molar-refractivity contribution < 1.29 is 9.15 Å². The maximum Gasteiger partial charge on any atom is 0.161 e. The van der Waals surface area contributed by atoms with Crippen LogP contribution in [0.5, 0.6) is 5.75 Å². The Morgan fingerprint density at radius 1 is 1.59 bits per heavy atom. The van der Waals surface area contributed by atoms with Gasteiger partial charge in [0.25, 0.3) is 0 Å². The average molecular weight is 235 g/mol. The van der Waals surface area contributed by atoms with E-state index in [0.717, 1.165) is 23.6 Å². The van der Waals surface area contributed by atoms with Crippen LogP contribution in [0, 0.1) is 6.92 Å². The molecule has 5 heteroatoms. The zero-order chi connectivity index (χ0) is 12.4. The van der Waals surface area contributed by atoms with E-state index >= 15 is 0 Å². The topological polar surface area (TPSA) is 66.2 Å². The Bertz CT molecular complexity index is 480. The molecule has 2 aromatic heterocycles. The van der Waals surface area contributed by atoms with Gasteiger partial charge in [0.15, 0.2) is 5.75 Å². The molecule has 0 aliphatic heterocycles. The lowest BCUT2D eigenvalue weighted by molar-refractivity contribution is 0.404. The molecule has 92 valence electrons. The lowest BCUT2D eigenvalue weighted by Gasteiger charge is -2.13. The third-order valence-electron chi connectivity index (χ3n) is 2.77. The molecule has 0 spiro atoms. The van der Waals surface area contributed by atoms with Gasteiger partial charge in [-0.2, -0.15) is 5.10 Å². The summed E-state index contributed by atoms with van der Waals surface area (Å²) >= 11 is 0. The van der Waals surface area contributed by atoms with Crippen molar-refractivity contribution in [2.24, 2.45) is 5.73 Å². The number of nitrogens with zero attached hydrogens (tertiary/aromatic N) is 2. The van der Waals surface area contributed by atoms with Crippen LogP contribution in [0.2, 0.25) is 0 Å². The number of ether oxygens (including phenoxy) is 1. The van der Waals surface area contributed by atoms with E-state index in [1.807, 2.05) is 24.6 Å². The summed E-state index contributed by atoms with van der Waals surface area (Å²) in [4.78, 5) is 0. The lowest BCUT2D eigenvalue weighted by atomic mass is 10.1. The van der Waals surface area contributed by atoms with Gasteiger partial charge in [-0.05, 0) is 19.9 Å². The van der Waals surface area contributed by atoms with Crippen LogP contribution in [0.1, 0.15) is 30.0 Å². The number of aromatic nitrogens is 2. The lowest BCUT2D eigenvalue weighted by Crippen LogP contribution is -2.17. The van der Waals surface area contributed by atoms with Crippen LogP contribution in [-0.4, -0.2) is 16.9 Å². The summed E-state index contributed by atoms with van der Waals surface area (Å²) < 4.78 is 12.4. The SMILES string of the molecule is CCn1ncc(OC)c1C(N)c1coc(C)c1. The van der Waals surface area contributed by atoms with Gasteiger partial charge in [0.2, 0.25) is 0 Å². The molecule has 1 unspecified atom stereocenters. The highest BCUT2D eigenvalue weighted by Crippen LogP contribution is 2.28. The number of aryl methyl sites for hydroxylation is 2. The fraction of sp³-hybridized carbons (Fsp3) is 0.417. The first-order chi connectivity index (χ1) is 8.17. The molecule has 0 radical (unpaired) electrons. The predicted molar refractivity (Wildman–Crippen MR) is 63.9 cm³/mol. The molecule has 0 saturated heterocycles. The number of rotatable bonds is 4. The summed E-state index contributed by atoms with van der Waals surface area (Å²) in [5.74, 6) is 1.55. The highest BCUT2D eigenvalue weighted by atomic mass is 16.5. The van der Waals surface area contributed by atoms with Crippen molar-refractivity contribution in [3.05, 3.63) is 35.5 Å². The van der Waals surface area contributed by atoms with E-state index in [1.165, 1.54) is 0 Å². The van der Waals surface area contributed by atoms with Crippen LogP contribution >= 0.6 is 0 Å². The summed E-state index contributed by atoms with van der Waals surface area (Å²) in [5.41, 5.74) is 8.02. The summed E-state index contributed by atoms with van der Waals surface area (Å²) in [7, 11) is 1.62. The second kappa shape index (κ2) is 4.63. The van der Waals surface area contributed by atoms with Gasteiger partial charge in [-0.25, -0.2) is 0 Å². The fourth-order valence-electron chi connectivity index (χ4n) is 1.89. The summed E-state index contributed by atoms with van der Waals surface area (Å²) in [5, 5.41) is 4.24. The molecule has 0 aliphatic rings. The normalized spacial score (nSPS) is 12.7. The van der Waals surface area contributed by atoms with Gasteiger partial charge in [-0.3, -0.25) is 4.68 Å². The van der Waals surface area contributed by atoms with E-state index in [9.17, 15) is 0 Å². The first-order valence-electron chi connectivity index (χ1n) is 5.57. The van der Waals surface area contributed by atoms with Gasteiger partial charge in [0.05, 0.1) is 25.6 Å². The quantitative estimate of drug-likeness (QED) is 0.878. The minimum atomic E-state index is -0.287. The van der Waals surface area contributed by atoms with E-state index in [0.29, 0.717) is 5.75 Å². The van der Waals surface area contributed by atoms with Gasteiger partial charge in [0.1, 0.15) is 11.5 Å². The van der Waals surface area contributed by atoms with E-state index in [4.69, 9.17) is 14.9 Å². The van der Waals surface area contributed by atoms with Crippen molar-refractivity contribution in [1.29, 1.82) is 0 Å². The zero-order valence-corrected chi connectivity index (χ0v) is 10.3. The van der Waals surface area contributed by atoms with Crippen LogP contribution < -0.4 is 10.5 Å². The molecule has 0 bridgehead atoms. The molecule has 0 aliphatic carbocycles. The van der Waals surface area contributed by atoms with Crippen LogP contribution in [0.15, 0.2) is 22.9 Å². The van der Waals surface area contributed by atoms with Crippen molar-refractivity contribution in [3.63, 3.8) is 0 Å². The molecule has 0 fully saturated rings. The molecule has 0 saturated carbocycles. The van der Waals surface area contributed by atoms with Crippen molar-refractivity contribution in [2.75, 3.05) is 7.11 Å². The average Bonchev–Trinajstić information content (AvgIpc) is 2.93. The predicted octanol–water partition coefficient (Wildman–Crippen LogP) is 1.86. The molecule has 2 N–H and O–H groups in total. The molecule has 1 atom stereocenters. The van der Waals surface area contributed by atoms with Crippen molar-refractivity contribution >= 4 is 0 Å². The van der Waals surface area contributed by atoms with Crippen molar-refractivity contribution in [1.82, 2.24) is 9.78 Å². The molecule has 2 heterocycles. The minimum absolute atomic E-state index is 0.287. The van der Waals surface area contributed by atoms with Crippen molar-refractivity contribution in [2.45, 2.75) is 26.4 Å². The Kier molecular flexibility index (Phi) is 3.19. The Morgan fingerprint density at radius 2 is 2.35 bits per heavy atom. The standard InChI is InChI=1S/C12H17N3O2/c1-4-15-12(10(16-3)6-14-15)11(13)9-5-8(2)17-7-9/h5-7,11H,4,13H2,1-3H3. The highest BCUT2D eigenvalue weighted by molar-refractivity contribution is 5.35. The molecular weight excluding hydrogens is 218 g/mol. The van der Waals surface area contributed by atoms with Crippen LogP contribution in [0.4, 0.5) is 0 Å². The van der Waals surface area contributed by atoms with E-state index < -0.39 is 0 Å². The van der Waals surface area contributed by atoms with E-state index in [2.05, 4.69) is 5.10 Å². The maximum absolute atomic E-state index is 6.23. The van der Waals surface area contributed by atoms with Gasteiger partial charge in [-0.15, -0.1) is 0 Å². The van der Waals surface area contributed by atoms with Crippen molar-refractivity contribution in [3.8, 4) is 5.75 Å². The largest absolute Gasteiger partial charge is 0.493 e. The maximum atomic E-state index is 6.23. The third-order valence-corrected chi connectivity index (χ3v) is 2.77. The molecule has 0 amide bonds. The highest BCUT2D eigenvalue weighted by Gasteiger charge is 2.20. The summed E-state index contributed by atoms with van der Waals surface area (Å²) in [6.07, 6.45) is 3.36. The minimum Gasteiger partial charge on any atom is -0.493 e. The van der Waals surface area contributed by atoms with Crippen LogP contribution in [-0.2, 0) is 6.54 Å². The Morgan fingerprint density at radius 3 is 2.88 bits per heavy atom. The van der Waals surface area contributed by atoms with Gasteiger partial charge >= 0.3 is 0 Å². The number of methoxy groups -OCH3 is 1. The summed E-state index contributed by atoms with van der Waals surface area (Å²) in [6.45, 7) is 4.66. The zero-order valence-electron chi connectivity index (χ0n) is 10.3.